The van der Waals surface area contributed by atoms with Gasteiger partial charge in [0, 0.05) is 24.4 Å². The predicted octanol–water partition coefficient (Wildman–Crippen LogP) is 3.36. The maximum Gasteiger partial charge on any atom is 0.294 e. The molecule has 3 rings (SSSR count). The number of carbonyl (C=O) groups excluding carboxylic acids is 2. The first-order valence-corrected chi connectivity index (χ1v) is 8.52. The molecular formula is C20H20N2O4. The topological polar surface area (TPSA) is 79.7 Å². The number of anilines is 1. The van der Waals surface area contributed by atoms with E-state index in [9.17, 15) is 14.7 Å². The Morgan fingerprint density at radius 3 is 2.69 bits per heavy atom. The van der Waals surface area contributed by atoms with Gasteiger partial charge < -0.3 is 9.84 Å². The summed E-state index contributed by atoms with van der Waals surface area (Å²) in [4.78, 5) is 30.9. The number of Topliss-reactive ketones (excluding diaryl/α,β-unsaturated/α-hetero) is 1. The molecule has 0 fully saturated rings. The quantitative estimate of drug-likeness (QED) is 0.862. The van der Waals surface area contributed by atoms with Gasteiger partial charge in [-0.1, -0.05) is 19.1 Å². The monoisotopic (exact) mass is 352 g/mol. The molecule has 0 saturated carbocycles. The normalized spacial score (nSPS) is 16.9. The molecule has 1 aromatic carbocycles. The summed E-state index contributed by atoms with van der Waals surface area (Å²) in [7, 11) is 0. The van der Waals surface area contributed by atoms with Crippen LogP contribution < -0.4 is 9.64 Å². The number of hydrogen-bond donors (Lipinski definition) is 1. The lowest BCUT2D eigenvalue weighted by Crippen LogP contribution is -2.31. The van der Waals surface area contributed by atoms with E-state index < -0.39 is 17.7 Å². The van der Waals surface area contributed by atoms with Crippen molar-refractivity contribution in [1.82, 2.24) is 4.98 Å². The average Bonchev–Trinajstić information content (AvgIpc) is 2.93. The molecule has 1 aliphatic heterocycles. The number of carbonyl (C=O) groups is 2. The fourth-order valence-corrected chi connectivity index (χ4v) is 3.05. The highest BCUT2D eigenvalue weighted by Crippen LogP contribution is 2.41. The number of hydrogen-bond acceptors (Lipinski definition) is 5. The van der Waals surface area contributed by atoms with Gasteiger partial charge in [-0.05, 0) is 31.2 Å². The van der Waals surface area contributed by atoms with E-state index in [1.807, 2.05) is 6.92 Å². The minimum atomic E-state index is -0.770. The molecule has 1 unspecified atom stereocenters. The summed E-state index contributed by atoms with van der Waals surface area (Å²) in [5.41, 5.74) is 1.13. The van der Waals surface area contributed by atoms with Crippen LogP contribution in [0.25, 0.3) is 0 Å². The smallest absolute Gasteiger partial charge is 0.294 e. The Kier molecular flexibility index (Phi) is 5.02. The summed E-state index contributed by atoms with van der Waals surface area (Å²) in [6.45, 7) is 4.06. The second kappa shape index (κ2) is 7.39. The molecule has 1 amide bonds. The molecule has 0 radical (unpaired) electrons. The van der Waals surface area contributed by atoms with Crippen LogP contribution in [0.3, 0.4) is 0 Å². The van der Waals surface area contributed by atoms with Crippen molar-refractivity contribution in [2.75, 3.05) is 11.5 Å². The van der Waals surface area contributed by atoms with Gasteiger partial charge in [0.2, 0.25) is 0 Å². The van der Waals surface area contributed by atoms with Crippen LogP contribution in [0.2, 0.25) is 0 Å². The van der Waals surface area contributed by atoms with E-state index >= 15 is 0 Å². The highest BCUT2D eigenvalue weighted by molar-refractivity contribution is 6.16. The molecule has 1 aliphatic rings. The highest BCUT2D eigenvalue weighted by atomic mass is 16.5. The fourth-order valence-electron chi connectivity index (χ4n) is 3.05. The number of benzene rings is 1. The zero-order valence-corrected chi connectivity index (χ0v) is 14.7. The second-order valence-corrected chi connectivity index (χ2v) is 5.80. The van der Waals surface area contributed by atoms with Crippen LogP contribution in [-0.4, -0.2) is 28.4 Å². The first-order valence-electron chi connectivity index (χ1n) is 8.52. The SMILES string of the molecule is CCOc1cccc(N2C(=O)C(O)=C(C(=O)CC)C2c2ccccn2)c1. The van der Waals surface area contributed by atoms with Gasteiger partial charge in [0.25, 0.3) is 5.91 Å². The number of amides is 1. The van der Waals surface area contributed by atoms with Gasteiger partial charge in [-0.25, -0.2) is 0 Å². The molecule has 0 saturated heterocycles. The Bertz CT molecular complexity index is 861. The van der Waals surface area contributed by atoms with Crippen molar-refractivity contribution in [3.05, 3.63) is 65.7 Å². The maximum atomic E-state index is 12.8. The zero-order chi connectivity index (χ0) is 18.7. The van der Waals surface area contributed by atoms with Crippen molar-refractivity contribution in [3.63, 3.8) is 0 Å². The Labute approximate surface area is 151 Å². The van der Waals surface area contributed by atoms with Crippen molar-refractivity contribution in [2.45, 2.75) is 26.3 Å². The van der Waals surface area contributed by atoms with Crippen molar-refractivity contribution in [1.29, 1.82) is 0 Å². The maximum absolute atomic E-state index is 12.8. The molecule has 0 spiro atoms. The van der Waals surface area contributed by atoms with Gasteiger partial charge in [-0.3, -0.25) is 19.5 Å². The summed E-state index contributed by atoms with van der Waals surface area (Å²) < 4.78 is 5.51. The molecule has 134 valence electrons. The molecule has 0 bridgehead atoms. The van der Waals surface area contributed by atoms with Crippen LogP contribution in [-0.2, 0) is 9.59 Å². The van der Waals surface area contributed by atoms with Crippen LogP contribution in [0.1, 0.15) is 32.0 Å². The number of aliphatic hydroxyl groups is 1. The van der Waals surface area contributed by atoms with Crippen molar-refractivity contribution in [2.24, 2.45) is 0 Å². The lowest BCUT2D eigenvalue weighted by atomic mass is 9.98. The van der Waals surface area contributed by atoms with E-state index in [0.29, 0.717) is 23.7 Å². The Morgan fingerprint density at radius 2 is 2.04 bits per heavy atom. The standard InChI is InChI=1S/C20H20N2O4/c1-3-16(23)17-18(15-10-5-6-11-21-15)22(20(25)19(17)24)13-8-7-9-14(12-13)26-4-2/h5-12,18,24H,3-4H2,1-2H3. The second-order valence-electron chi connectivity index (χ2n) is 5.80. The van der Waals surface area contributed by atoms with E-state index in [-0.39, 0.29) is 17.8 Å². The zero-order valence-electron chi connectivity index (χ0n) is 14.7. The number of pyridine rings is 1. The predicted molar refractivity (Wildman–Crippen MR) is 97.0 cm³/mol. The van der Waals surface area contributed by atoms with E-state index in [2.05, 4.69) is 4.98 Å². The third-order valence-electron chi connectivity index (χ3n) is 4.20. The summed E-state index contributed by atoms with van der Waals surface area (Å²) in [6.07, 6.45) is 1.78. The Hall–Kier alpha value is -3.15. The van der Waals surface area contributed by atoms with Crippen molar-refractivity contribution < 1.29 is 19.4 Å². The van der Waals surface area contributed by atoms with E-state index in [0.717, 1.165) is 0 Å². The van der Waals surface area contributed by atoms with Crippen molar-refractivity contribution in [3.8, 4) is 5.75 Å². The molecule has 6 heteroatoms. The largest absolute Gasteiger partial charge is 0.503 e. The van der Waals surface area contributed by atoms with E-state index in [1.165, 1.54) is 4.90 Å². The van der Waals surface area contributed by atoms with Gasteiger partial charge in [0.05, 0.1) is 17.9 Å². The first kappa shape index (κ1) is 17.7. The summed E-state index contributed by atoms with van der Waals surface area (Å²) in [6, 6.07) is 11.5. The van der Waals surface area contributed by atoms with Gasteiger partial charge in [-0.15, -0.1) is 0 Å². The van der Waals surface area contributed by atoms with Crippen molar-refractivity contribution >= 4 is 17.4 Å². The molecule has 0 aliphatic carbocycles. The molecule has 26 heavy (non-hydrogen) atoms. The highest BCUT2D eigenvalue weighted by Gasteiger charge is 2.44. The Balaban J connectivity index is 2.13. The minimum Gasteiger partial charge on any atom is -0.503 e. The third kappa shape index (κ3) is 3.06. The lowest BCUT2D eigenvalue weighted by molar-refractivity contribution is -0.118. The molecule has 2 aromatic rings. The molecule has 1 atom stereocenters. The molecule has 6 nitrogen and oxygen atoms in total. The number of nitrogens with zero attached hydrogens (tertiary/aromatic N) is 2. The summed E-state index contributed by atoms with van der Waals surface area (Å²) in [5.74, 6) is -0.817. The number of aliphatic hydroxyl groups excluding tert-OH is 1. The number of aromatic nitrogens is 1. The third-order valence-corrected chi connectivity index (χ3v) is 4.20. The number of rotatable bonds is 6. The first-order chi connectivity index (χ1) is 12.6. The molecule has 1 aromatic heterocycles. The molecule has 2 heterocycles. The van der Waals surface area contributed by atoms with Gasteiger partial charge in [-0.2, -0.15) is 0 Å². The van der Waals surface area contributed by atoms with E-state index in [4.69, 9.17) is 4.74 Å². The fraction of sp³-hybridized carbons (Fsp3) is 0.250. The minimum absolute atomic E-state index is 0.0815. The van der Waals surface area contributed by atoms with Gasteiger partial charge >= 0.3 is 0 Å². The van der Waals surface area contributed by atoms with Gasteiger partial charge in [0.15, 0.2) is 11.5 Å². The lowest BCUT2D eigenvalue weighted by Gasteiger charge is -2.26. The molecule has 1 N–H and O–H groups in total. The summed E-state index contributed by atoms with van der Waals surface area (Å²) >= 11 is 0. The average molecular weight is 352 g/mol. The van der Waals surface area contributed by atoms with Crippen LogP contribution in [0.15, 0.2) is 60.0 Å². The molecular weight excluding hydrogens is 332 g/mol. The summed E-state index contributed by atoms with van der Waals surface area (Å²) in [5, 5.41) is 10.4. The van der Waals surface area contributed by atoms with Crippen LogP contribution >= 0.6 is 0 Å². The Morgan fingerprint density at radius 1 is 1.23 bits per heavy atom. The van der Waals surface area contributed by atoms with Crippen LogP contribution in [0, 0.1) is 0 Å². The van der Waals surface area contributed by atoms with Crippen LogP contribution in [0.5, 0.6) is 5.75 Å². The number of ether oxygens (including phenoxy) is 1. The van der Waals surface area contributed by atoms with Gasteiger partial charge in [0.1, 0.15) is 11.8 Å². The van der Waals surface area contributed by atoms with E-state index in [1.54, 1.807) is 55.6 Å². The number of ketones is 1. The van der Waals surface area contributed by atoms with Crippen LogP contribution in [0.4, 0.5) is 5.69 Å².